The number of hydrogen-bond acceptors (Lipinski definition) is 4. The predicted octanol–water partition coefficient (Wildman–Crippen LogP) is 7.50. The Balaban J connectivity index is 2.44. The Bertz CT molecular complexity index is 1260. The van der Waals surface area contributed by atoms with E-state index in [1.165, 1.54) is 72.8 Å². The molecule has 0 aliphatic rings. The minimum atomic E-state index is -6.63. The van der Waals surface area contributed by atoms with Crippen LogP contribution >= 0.6 is 10.3 Å². The highest BCUT2D eigenvalue weighted by Crippen LogP contribution is 2.72. The molecule has 0 saturated heterocycles. The molecule has 3 rings (SSSR count). The average molecular weight is 577 g/mol. The molecule has 12 heteroatoms. The van der Waals surface area contributed by atoms with Crippen LogP contribution in [0.5, 0.6) is 0 Å². The molecule has 0 aliphatic carbocycles. The number of aliphatic carboxylic acids is 1. The summed E-state index contributed by atoms with van der Waals surface area (Å²) < 4.78 is 108. The van der Waals surface area contributed by atoms with E-state index in [-0.39, 0.29) is 14.7 Å². The topological polar surface area (TPSA) is 80.7 Å². The highest BCUT2D eigenvalue weighted by molar-refractivity contribution is 8.33. The van der Waals surface area contributed by atoms with Crippen molar-refractivity contribution in [3.8, 4) is 0 Å². The SMILES string of the molecule is CC(C)(C)C(C(=O)O)(C(F)(F)F)C(F)(F)S(=O)(=O)OS(c1ccccc1)(c1ccccc1)c1ccccc1. The van der Waals surface area contributed by atoms with E-state index >= 15 is 8.78 Å². The third-order valence-corrected chi connectivity index (χ3v) is 11.3. The molecule has 3 aromatic carbocycles. The summed E-state index contributed by atoms with van der Waals surface area (Å²) in [4.78, 5) is 12.3. The first-order valence-corrected chi connectivity index (χ1v) is 14.1. The highest BCUT2D eigenvalue weighted by Gasteiger charge is 2.84. The van der Waals surface area contributed by atoms with E-state index in [2.05, 4.69) is 0 Å². The molecule has 0 fully saturated rings. The van der Waals surface area contributed by atoms with E-state index in [1.54, 1.807) is 18.2 Å². The van der Waals surface area contributed by atoms with Crippen LogP contribution in [0.25, 0.3) is 0 Å². The maximum absolute atomic E-state index is 16.0. The fourth-order valence-electron chi connectivity index (χ4n) is 4.32. The van der Waals surface area contributed by atoms with E-state index in [1.807, 2.05) is 0 Å². The van der Waals surface area contributed by atoms with Crippen LogP contribution in [-0.2, 0) is 18.5 Å². The predicted molar refractivity (Wildman–Crippen MR) is 132 cm³/mol. The lowest BCUT2D eigenvalue weighted by atomic mass is 9.65. The first-order chi connectivity index (χ1) is 17.5. The second-order valence-electron chi connectivity index (χ2n) is 9.34. The number of rotatable bonds is 8. The lowest BCUT2D eigenvalue weighted by molar-refractivity contribution is -0.303. The fraction of sp³-hybridized carbons (Fsp3) is 0.269. The van der Waals surface area contributed by atoms with Crippen LogP contribution in [0.2, 0.25) is 0 Å². The van der Waals surface area contributed by atoms with Gasteiger partial charge in [-0.15, -0.1) is 0 Å². The van der Waals surface area contributed by atoms with Crippen LogP contribution in [0.4, 0.5) is 22.0 Å². The van der Waals surface area contributed by atoms with Gasteiger partial charge in [0.15, 0.2) is 0 Å². The highest BCUT2D eigenvalue weighted by atomic mass is 32.3. The molecule has 38 heavy (non-hydrogen) atoms. The zero-order chi connectivity index (χ0) is 28.6. The molecular weight excluding hydrogens is 551 g/mol. The Kier molecular flexibility index (Phi) is 7.77. The van der Waals surface area contributed by atoms with E-state index in [9.17, 15) is 31.5 Å². The zero-order valence-corrected chi connectivity index (χ0v) is 22.1. The summed E-state index contributed by atoms with van der Waals surface area (Å²) in [6.07, 6.45) is -6.19. The van der Waals surface area contributed by atoms with Crippen molar-refractivity contribution < 1.29 is 43.9 Å². The van der Waals surface area contributed by atoms with Gasteiger partial charge in [0.25, 0.3) is 0 Å². The molecule has 206 valence electrons. The van der Waals surface area contributed by atoms with E-state index in [0.717, 1.165) is 0 Å². The summed E-state index contributed by atoms with van der Waals surface area (Å²) in [5.74, 6) is -3.05. The third-order valence-electron chi connectivity index (χ3n) is 6.04. The molecule has 0 aromatic heterocycles. The third kappa shape index (κ3) is 4.48. The van der Waals surface area contributed by atoms with Crippen LogP contribution in [0.1, 0.15) is 20.8 Å². The van der Waals surface area contributed by atoms with Crippen molar-refractivity contribution in [3.05, 3.63) is 91.0 Å². The van der Waals surface area contributed by atoms with E-state index < -0.39 is 48.7 Å². The minimum absolute atomic E-state index is 0.0838. The Hall–Kier alpha value is -2.96. The molecule has 5 nitrogen and oxygen atoms in total. The molecule has 1 N–H and O–H groups in total. The largest absolute Gasteiger partial charge is 0.480 e. The summed E-state index contributed by atoms with van der Waals surface area (Å²) >= 11 is 0. The molecule has 0 aliphatic heterocycles. The second kappa shape index (κ2) is 9.97. The van der Waals surface area contributed by atoms with Crippen LogP contribution in [0.3, 0.4) is 0 Å². The van der Waals surface area contributed by atoms with Gasteiger partial charge in [0.05, 0.1) is 0 Å². The van der Waals surface area contributed by atoms with Crippen molar-refractivity contribution >= 4 is 26.4 Å². The Morgan fingerprint density at radius 1 is 0.684 bits per heavy atom. The Morgan fingerprint density at radius 3 is 1.24 bits per heavy atom. The first kappa shape index (κ1) is 29.6. The van der Waals surface area contributed by atoms with Crippen molar-refractivity contribution in [2.75, 3.05) is 0 Å². The number of halogens is 5. The quantitative estimate of drug-likeness (QED) is 0.281. The molecule has 0 bridgehead atoms. The maximum atomic E-state index is 16.0. The molecule has 0 amide bonds. The van der Waals surface area contributed by atoms with Crippen LogP contribution in [0, 0.1) is 10.8 Å². The number of carbonyl (C=O) groups is 1. The zero-order valence-electron chi connectivity index (χ0n) is 20.4. The summed E-state index contributed by atoms with van der Waals surface area (Å²) in [5.41, 5.74) is -7.87. The van der Waals surface area contributed by atoms with Gasteiger partial charge in [-0.05, 0) is 52.1 Å². The van der Waals surface area contributed by atoms with Crippen molar-refractivity contribution in [1.29, 1.82) is 0 Å². The number of carboxylic acid groups (broad SMARTS) is 1. The fourth-order valence-corrected chi connectivity index (χ4v) is 10.0. The maximum Gasteiger partial charge on any atom is 0.412 e. The molecular formula is C26H25F5O5S2. The molecule has 0 radical (unpaired) electrons. The first-order valence-electron chi connectivity index (χ1n) is 11.1. The molecule has 0 spiro atoms. The minimum Gasteiger partial charge on any atom is -0.480 e. The monoisotopic (exact) mass is 576 g/mol. The van der Waals surface area contributed by atoms with Crippen LogP contribution < -0.4 is 0 Å². The van der Waals surface area contributed by atoms with Crippen LogP contribution in [0.15, 0.2) is 106 Å². The average Bonchev–Trinajstić information content (AvgIpc) is 2.82. The van der Waals surface area contributed by atoms with Gasteiger partial charge in [0, 0.05) is 14.7 Å². The van der Waals surface area contributed by atoms with Crippen molar-refractivity contribution in [2.45, 2.75) is 46.9 Å². The van der Waals surface area contributed by atoms with Gasteiger partial charge in [-0.2, -0.15) is 30.4 Å². The summed E-state index contributed by atoms with van der Waals surface area (Å²) in [6.45, 7) is 1.76. The molecule has 1 atom stereocenters. The molecule has 0 heterocycles. The molecule has 1 unspecified atom stereocenters. The van der Waals surface area contributed by atoms with Gasteiger partial charge in [0.1, 0.15) is 0 Å². The lowest BCUT2D eigenvalue weighted by Crippen LogP contribution is -2.66. The van der Waals surface area contributed by atoms with E-state index in [4.69, 9.17) is 3.63 Å². The van der Waals surface area contributed by atoms with Gasteiger partial charge in [-0.3, -0.25) is 4.79 Å². The van der Waals surface area contributed by atoms with Crippen molar-refractivity contribution in [1.82, 2.24) is 0 Å². The standard InChI is InChI=1S/C26H25F5O5S2/c1-23(2,3)24(22(32)33,25(27,28)29)26(30,31)38(34,35)36-37(19-13-7-4-8-14-19,20-15-9-5-10-16-20)21-17-11-6-12-18-21/h4-18H,1-3H3,(H,32,33). The summed E-state index contributed by atoms with van der Waals surface area (Å²) in [6, 6.07) is 22.1. The Morgan fingerprint density at radius 2 is 1.00 bits per heavy atom. The van der Waals surface area contributed by atoms with Gasteiger partial charge in [0.2, 0.25) is 5.41 Å². The molecule has 0 saturated carbocycles. The van der Waals surface area contributed by atoms with Crippen molar-refractivity contribution in [2.24, 2.45) is 10.8 Å². The smallest absolute Gasteiger partial charge is 0.412 e. The number of benzene rings is 3. The number of carboxylic acids is 1. The molecule has 3 aromatic rings. The van der Waals surface area contributed by atoms with Gasteiger partial charge < -0.3 is 5.11 Å². The second-order valence-corrected chi connectivity index (χ2v) is 13.8. The normalized spacial score (nSPS) is 15.5. The number of hydrogen-bond donors (Lipinski definition) is 1. The van der Waals surface area contributed by atoms with Gasteiger partial charge >= 0.3 is 27.5 Å². The van der Waals surface area contributed by atoms with Crippen molar-refractivity contribution in [3.63, 3.8) is 0 Å². The van der Waals surface area contributed by atoms with Gasteiger partial charge in [-0.1, -0.05) is 75.4 Å². The van der Waals surface area contributed by atoms with Gasteiger partial charge in [-0.25, -0.2) is 3.63 Å². The number of alkyl halides is 5. The van der Waals surface area contributed by atoms with E-state index in [0.29, 0.717) is 20.8 Å². The van der Waals surface area contributed by atoms with Crippen LogP contribution in [-0.4, -0.2) is 30.9 Å². The lowest BCUT2D eigenvalue weighted by Gasteiger charge is -2.47. The summed E-state index contributed by atoms with van der Waals surface area (Å²) in [7, 11) is -10.3. The Labute approximate surface area is 218 Å². The summed E-state index contributed by atoms with van der Waals surface area (Å²) in [5, 5.41) is 3.67.